The Balaban J connectivity index is 2.07. The SMILES string of the molecule is CCC(C)C1NC(=O)CCN(C2CCC(SC)CC2)C1=O. The Kier molecular flexibility index (Phi) is 5.97. The van der Waals surface area contributed by atoms with Gasteiger partial charge in [0, 0.05) is 24.3 Å². The van der Waals surface area contributed by atoms with Gasteiger partial charge in [-0.2, -0.15) is 11.8 Å². The van der Waals surface area contributed by atoms with Gasteiger partial charge >= 0.3 is 0 Å². The zero-order valence-electron chi connectivity index (χ0n) is 13.4. The van der Waals surface area contributed by atoms with Gasteiger partial charge in [0.1, 0.15) is 6.04 Å². The van der Waals surface area contributed by atoms with Crippen LogP contribution in [0.15, 0.2) is 0 Å². The predicted molar refractivity (Wildman–Crippen MR) is 87.3 cm³/mol. The first-order valence-electron chi connectivity index (χ1n) is 8.19. The minimum Gasteiger partial charge on any atom is -0.344 e. The number of nitrogens with one attached hydrogen (secondary N) is 1. The quantitative estimate of drug-likeness (QED) is 0.867. The Labute approximate surface area is 132 Å². The van der Waals surface area contributed by atoms with Gasteiger partial charge in [-0.05, 0) is 37.9 Å². The lowest BCUT2D eigenvalue weighted by molar-refractivity contribution is -0.137. The molecule has 1 aliphatic carbocycles. The van der Waals surface area contributed by atoms with Crippen LogP contribution in [0.1, 0.15) is 52.4 Å². The zero-order valence-corrected chi connectivity index (χ0v) is 14.2. The van der Waals surface area contributed by atoms with Crippen LogP contribution >= 0.6 is 11.8 Å². The highest BCUT2D eigenvalue weighted by Crippen LogP contribution is 2.31. The van der Waals surface area contributed by atoms with Crippen molar-refractivity contribution >= 4 is 23.6 Å². The summed E-state index contributed by atoms with van der Waals surface area (Å²) in [5.41, 5.74) is 0. The van der Waals surface area contributed by atoms with E-state index in [1.165, 1.54) is 12.8 Å². The van der Waals surface area contributed by atoms with Crippen molar-refractivity contribution in [3.05, 3.63) is 0 Å². The summed E-state index contributed by atoms with van der Waals surface area (Å²) in [6.45, 7) is 4.71. The van der Waals surface area contributed by atoms with Gasteiger partial charge in [0.2, 0.25) is 11.8 Å². The molecule has 2 atom stereocenters. The van der Waals surface area contributed by atoms with Gasteiger partial charge in [-0.25, -0.2) is 0 Å². The van der Waals surface area contributed by atoms with Crippen molar-refractivity contribution in [2.24, 2.45) is 5.92 Å². The van der Waals surface area contributed by atoms with E-state index in [9.17, 15) is 9.59 Å². The van der Waals surface area contributed by atoms with E-state index in [2.05, 4.69) is 25.4 Å². The normalized spacial score (nSPS) is 32.5. The van der Waals surface area contributed by atoms with E-state index in [-0.39, 0.29) is 23.8 Å². The van der Waals surface area contributed by atoms with Crippen molar-refractivity contribution in [3.63, 3.8) is 0 Å². The summed E-state index contributed by atoms with van der Waals surface area (Å²) >= 11 is 1.94. The first kappa shape index (κ1) is 16.7. The summed E-state index contributed by atoms with van der Waals surface area (Å²) in [6.07, 6.45) is 8.06. The molecule has 0 bridgehead atoms. The van der Waals surface area contributed by atoms with Crippen molar-refractivity contribution in [2.75, 3.05) is 12.8 Å². The highest BCUT2D eigenvalue weighted by molar-refractivity contribution is 7.99. The molecule has 0 spiro atoms. The Morgan fingerprint density at radius 1 is 1.29 bits per heavy atom. The molecule has 2 fully saturated rings. The molecule has 21 heavy (non-hydrogen) atoms. The number of nitrogens with zero attached hydrogens (tertiary/aromatic N) is 1. The van der Waals surface area contributed by atoms with Gasteiger partial charge in [0.15, 0.2) is 0 Å². The van der Waals surface area contributed by atoms with Crippen LogP contribution in [0.3, 0.4) is 0 Å². The number of rotatable bonds is 4. The van der Waals surface area contributed by atoms with Crippen LogP contribution in [-0.4, -0.2) is 46.8 Å². The summed E-state index contributed by atoms with van der Waals surface area (Å²) in [5.74, 6) is 0.362. The highest BCUT2D eigenvalue weighted by Gasteiger charge is 2.37. The second-order valence-corrected chi connectivity index (χ2v) is 7.52. The molecule has 0 aromatic heterocycles. The maximum Gasteiger partial charge on any atom is 0.245 e. The third-order valence-corrected chi connectivity index (χ3v) is 6.21. The van der Waals surface area contributed by atoms with Crippen LogP contribution in [0, 0.1) is 5.92 Å². The molecule has 0 aromatic rings. The Hall–Kier alpha value is -0.710. The molecule has 2 rings (SSSR count). The van der Waals surface area contributed by atoms with Crippen LogP contribution in [-0.2, 0) is 9.59 Å². The molecule has 2 amide bonds. The summed E-state index contributed by atoms with van der Waals surface area (Å²) in [5, 5.41) is 3.68. The Morgan fingerprint density at radius 3 is 2.52 bits per heavy atom. The van der Waals surface area contributed by atoms with Gasteiger partial charge in [0.05, 0.1) is 0 Å². The number of hydrogen-bond acceptors (Lipinski definition) is 3. The summed E-state index contributed by atoms with van der Waals surface area (Å²) in [4.78, 5) is 26.7. The van der Waals surface area contributed by atoms with Gasteiger partial charge in [0.25, 0.3) is 0 Å². The van der Waals surface area contributed by atoms with E-state index in [1.54, 1.807) is 0 Å². The molecule has 0 radical (unpaired) electrons. The topological polar surface area (TPSA) is 49.4 Å². The maximum atomic E-state index is 12.8. The van der Waals surface area contributed by atoms with Crippen LogP contribution < -0.4 is 5.32 Å². The van der Waals surface area contributed by atoms with Gasteiger partial charge in [-0.3, -0.25) is 9.59 Å². The number of carbonyl (C=O) groups excluding carboxylic acids is 2. The smallest absolute Gasteiger partial charge is 0.245 e. The summed E-state index contributed by atoms with van der Waals surface area (Å²) in [6, 6.07) is 0.00318. The third kappa shape index (κ3) is 3.93. The molecule has 5 heteroatoms. The van der Waals surface area contributed by atoms with Crippen molar-refractivity contribution < 1.29 is 9.59 Å². The third-order valence-electron chi connectivity index (χ3n) is 5.08. The van der Waals surface area contributed by atoms with E-state index in [4.69, 9.17) is 0 Å². The second kappa shape index (κ2) is 7.52. The molecule has 1 saturated carbocycles. The van der Waals surface area contributed by atoms with E-state index >= 15 is 0 Å². The highest BCUT2D eigenvalue weighted by atomic mass is 32.2. The van der Waals surface area contributed by atoms with Gasteiger partial charge in [-0.15, -0.1) is 0 Å². The average Bonchev–Trinajstić information content (AvgIpc) is 2.66. The van der Waals surface area contributed by atoms with E-state index in [1.807, 2.05) is 16.7 Å². The van der Waals surface area contributed by atoms with Crippen LogP contribution in [0.2, 0.25) is 0 Å². The van der Waals surface area contributed by atoms with Crippen LogP contribution in [0.25, 0.3) is 0 Å². The van der Waals surface area contributed by atoms with Crippen molar-refractivity contribution in [3.8, 4) is 0 Å². The number of thioether (sulfide) groups is 1. The first-order chi connectivity index (χ1) is 10.1. The number of hydrogen-bond donors (Lipinski definition) is 1. The maximum absolute atomic E-state index is 12.8. The summed E-state index contributed by atoms with van der Waals surface area (Å²) in [7, 11) is 0. The lowest BCUT2D eigenvalue weighted by Gasteiger charge is -2.37. The standard InChI is InChI=1S/C16H28N2O2S/c1-4-11(2)15-16(20)18(10-9-14(19)17-15)12-5-7-13(21-3)8-6-12/h11-13,15H,4-10H2,1-3H3,(H,17,19). The molecule has 1 saturated heterocycles. The lowest BCUT2D eigenvalue weighted by Crippen LogP contribution is -2.51. The van der Waals surface area contributed by atoms with Gasteiger partial charge in [-0.1, -0.05) is 20.3 Å². The molecule has 2 aliphatic rings. The number of amides is 2. The summed E-state index contributed by atoms with van der Waals surface area (Å²) < 4.78 is 0. The van der Waals surface area contributed by atoms with Crippen LogP contribution in [0.4, 0.5) is 0 Å². The number of carbonyl (C=O) groups is 2. The fraction of sp³-hybridized carbons (Fsp3) is 0.875. The van der Waals surface area contributed by atoms with Gasteiger partial charge < -0.3 is 10.2 Å². The van der Waals surface area contributed by atoms with E-state index in [0.29, 0.717) is 19.0 Å². The van der Waals surface area contributed by atoms with Crippen molar-refractivity contribution in [2.45, 2.75) is 69.7 Å². The van der Waals surface area contributed by atoms with E-state index in [0.717, 1.165) is 24.5 Å². The Morgan fingerprint density at radius 2 is 1.95 bits per heavy atom. The molecule has 4 nitrogen and oxygen atoms in total. The fourth-order valence-electron chi connectivity index (χ4n) is 3.39. The van der Waals surface area contributed by atoms with E-state index < -0.39 is 0 Å². The average molecular weight is 312 g/mol. The molecule has 1 aliphatic heterocycles. The zero-order chi connectivity index (χ0) is 15.4. The first-order valence-corrected chi connectivity index (χ1v) is 9.48. The molecule has 1 heterocycles. The van der Waals surface area contributed by atoms with Crippen molar-refractivity contribution in [1.29, 1.82) is 0 Å². The monoisotopic (exact) mass is 312 g/mol. The molecule has 0 aromatic carbocycles. The lowest BCUT2D eigenvalue weighted by atomic mass is 9.92. The molecule has 120 valence electrons. The molecular weight excluding hydrogens is 284 g/mol. The molecule has 2 unspecified atom stereocenters. The van der Waals surface area contributed by atoms with Crippen molar-refractivity contribution in [1.82, 2.24) is 10.2 Å². The molecular formula is C16H28N2O2S. The fourth-order valence-corrected chi connectivity index (χ4v) is 4.14. The minimum absolute atomic E-state index is 0.0222. The Bertz CT molecular complexity index is 380. The van der Waals surface area contributed by atoms with Crippen LogP contribution in [0.5, 0.6) is 0 Å². The largest absolute Gasteiger partial charge is 0.344 e. The second-order valence-electron chi connectivity index (χ2n) is 6.38. The molecule has 1 N–H and O–H groups in total. The predicted octanol–water partition coefficient (Wildman–Crippen LogP) is 2.42. The minimum atomic E-state index is -0.330.